The number of nitrogens with zero attached hydrogens (tertiary/aromatic N) is 3. The number of alkyl halides is 4. The predicted octanol–water partition coefficient (Wildman–Crippen LogP) is 3.54. The Hall–Kier alpha value is -0.560. The van der Waals surface area contributed by atoms with Gasteiger partial charge in [0, 0.05) is 30.0 Å². The van der Waals surface area contributed by atoms with Crippen molar-refractivity contribution in [1.29, 1.82) is 0 Å². The topological polar surface area (TPSA) is 29.0 Å². The summed E-state index contributed by atoms with van der Waals surface area (Å²) in [7, 11) is 0. The molecule has 1 unspecified atom stereocenters. The zero-order valence-corrected chi connectivity index (χ0v) is 11.2. The van der Waals surface area contributed by atoms with Crippen molar-refractivity contribution in [1.82, 2.24) is 9.36 Å². The fraction of sp³-hybridized carbons (Fsp3) is 0.800. The molecule has 1 aromatic rings. The van der Waals surface area contributed by atoms with E-state index in [1.54, 1.807) is 0 Å². The van der Waals surface area contributed by atoms with Crippen LogP contribution < -0.4 is 4.90 Å². The van der Waals surface area contributed by atoms with Gasteiger partial charge in [-0.1, -0.05) is 12.8 Å². The zero-order valence-electron chi connectivity index (χ0n) is 9.58. The number of halogens is 4. The highest BCUT2D eigenvalue weighted by Gasteiger charge is 2.37. The molecule has 0 aromatic carbocycles. The maximum atomic E-state index is 12.5. The molecule has 1 atom stereocenters. The number of rotatable bonds is 2. The normalized spacial score (nSPS) is 22.0. The molecule has 1 aromatic heterocycles. The lowest BCUT2D eigenvalue weighted by Gasteiger charge is -2.27. The van der Waals surface area contributed by atoms with E-state index in [1.807, 2.05) is 4.90 Å². The first kappa shape index (κ1) is 13.9. The van der Waals surface area contributed by atoms with Gasteiger partial charge in [-0.25, -0.2) is 0 Å². The van der Waals surface area contributed by atoms with Gasteiger partial charge in [-0.05, 0) is 12.8 Å². The monoisotopic (exact) mass is 299 g/mol. The Labute approximate surface area is 112 Å². The number of aromatic nitrogens is 2. The standard InChI is InChI=1S/C10H13ClF3N3S/c11-6-7-4-2-1-3-5-17(7)9-15-8(16-18-9)10(12,13)14/h7H,1-6H2. The van der Waals surface area contributed by atoms with E-state index in [0.29, 0.717) is 17.6 Å². The van der Waals surface area contributed by atoms with Gasteiger partial charge in [-0.3, -0.25) is 0 Å². The molecule has 2 heterocycles. The quantitative estimate of drug-likeness (QED) is 0.782. The first-order chi connectivity index (χ1) is 8.52. The van der Waals surface area contributed by atoms with E-state index in [1.165, 1.54) is 0 Å². The lowest BCUT2D eigenvalue weighted by molar-refractivity contribution is -0.144. The minimum absolute atomic E-state index is 0.0585. The number of anilines is 1. The smallest absolute Gasteiger partial charge is 0.343 e. The Bertz CT molecular complexity index is 396. The summed E-state index contributed by atoms with van der Waals surface area (Å²) in [5.41, 5.74) is 0. The minimum Gasteiger partial charge on any atom is -0.343 e. The Balaban J connectivity index is 2.20. The van der Waals surface area contributed by atoms with Gasteiger partial charge in [-0.2, -0.15) is 22.5 Å². The Morgan fingerprint density at radius 2 is 2.11 bits per heavy atom. The summed E-state index contributed by atoms with van der Waals surface area (Å²) in [4.78, 5) is 5.46. The van der Waals surface area contributed by atoms with E-state index in [4.69, 9.17) is 11.6 Å². The summed E-state index contributed by atoms with van der Waals surface area (Å²) < 4.78 is 40.8. The third-order valence-corrected chi connectivity index (χ3v) is 4.08. The summed E-state index contributed by atoms with van der Waals surface area (Å²) in [5.74, 6) is -0.652. The molecule has 1 saturated heterocycles. The predicted molar refractivity (Wildman–Crippen MR) is 65.2 cm³/mol. The van der Waals surface area contributed by atoms with Gasteiger partial charge < -0.3 is 4.90 Å². The van der Waals surface area contributed by atoms with Crippen LogP contribution in [-0.2, 0) is 6.18 Å². The van der Waals surface area contributed by atoms with Gasteiger partial charge >= 0.3 is 6.18 Å². The van der Waals surface area contributed by atoms with Gasteiger partial charge in [0.05, 0.1) is 0 Å². The lowest BCUT2D eigenvalue weighted by Crippen LogP contribution is -2.36. The number of hydrogen-bond acceptors (Lipinski definition) is 4. The summed E-state index contributed by atoms with van der Waals surface area (Å²) in [6.07, 6.45) is -0.497. The van der Waals surface area contributed by atoms with Gasteiger partial charge in [0.25, 0.3) is 0 Å². The van der Waals surface area contributed by atoms with Crippen molar-refractivity contribution < 1.29 is 13.2 Å². The Morgan fingerprint density at radius 1 is 1.33 bits per heavy atom. The fourth-order valence-electron chi connectivity index (χ4n) is 2.04. The molecule has 3 nitrogen and oxygen atoms in total. The van der Waals surface area contributed by atoms with Crippen LogP contribution >= 0.6 is 23.1 Å². The van der Waals surface area contributed by atoms with Crippen LogP contribution in [0.2, 0.25) is 0 Å². The van der Waals surface area contributed by atoms with Crippen molar-refractivity contribution in [3.63, 3.8) is 0 Å². The molecular formula is C10H13ClF3N3S. The molecule has 1 fully saturated rings. The minimum atomic E-state index is -4.48. The SMILES string of the molecule is FC(F)(F)c1nsc(N2CCCCCC2CCl)n1. The zero-order chi connectivity index (χ0) is 13.2. The maximum Gasteiger partial charge on any atom is 0.452 e. The molecule has 102 valence electrons. The van der Waals surface area contributed by atoms with E-state index in [2.05, 4.69) is 9.36 Å². The van der Waals surface area contributed by atoms with Crippen molar-refractivity contribution in [2.75, 3.05) is 17.3 Å². The molecule has 1 aliphatic rings. The van der Waals surface area contributed by atoms with Crippen LogP contribution in [0.5, 0.6) is 0 Å². The van der Waals surface area contributed by atoms with Crippen LogP contribution in [0.15, 0.2) is 0 Å². The van der Waals surface area contributed by atoms with Gasteiger partial charge in [0.15, 0.2) is 0 Å². The molecule has 0 aliphatic carbocycles. The van der Waals surface area contributed by atoms with Crippen molar-refractivity contribution >= 4 is 28.3 Å². The van der Waals surface area contributed by atoms with E-state index in [-0.39, 0.29) is 6.04 Å². The van der Waals surface area contributed by atoms with E-state index in [0.717, 1.165) is 37.2 Å². The maximum absolute atomic E-state index is 12.5. The first-order valence-corrected chi connectivity index (χ1v) is 7.06. The van der Waals surface area contributed by atoms with Crippen LogP contribution in [0.3, 0.4) is 0 Å². The van der Waals surface area contributed by atoms with Crippen molar-refractivity contribution in [3.05, 3.63) is 5.82 Å². The van der Waals surface area contributed by atoms with Crippen molar-refractivity contribution in [3.8, 4) is 0 Å². The number of hydrogen-bond donors (Lipinski definition) is 0. The second-order valence-corrected chi connectivity index (χ2v) is 5.29. The summed E-state index contributed by atoms with van der Waals surface area (Å²) in [5, 5.41) is 0.329. The Morgan fingerprint density at radius 3 is 2.72 bits per heavy atom. The van der Waals surface area contributed by atoms with E-state index in [9.17, 15) is 13.2 Å². The Kier molecular flexibility index (Phi) is 4.32. The highest BCUT2D eigenvalue weighted by molar-refractivity contribution is 7.09. The molecule has 0 radical (unpaired) electrons. The molecule has 18 heavy (non-hydrogen) atoms. The highest BCUT2D eigenvalue weighted by atomic mass is 35.5. The van der Waals surface area contributed by atoms with Crippen LogP contribution in [-0.4, -0.2) is 27.8 Å². The van der Waals surface area contributed by atoms with Crippen LogP contribution in [0.1, 0.15) is 31.5 Å². The first-order valence-electron chi connectivity index (χ1n) is 5.76. The highest BCUT2D eigenvalue weighted by Crippen LogP contribution is 2.32. The lowest BCUT2D eigenvalue weighted by atomic mass is 10.1. The summed E-state index contributed by atoms with van der Waals surface area (Å²) in [6.45, 7) is 0.698. The molecule has 0 spiro atoms. The van der Waals surface area contributed by atoms with Gasteiger partial charge in [0.2, 0.25) is 11.0 Å². The molecule has 0 amide bonds. The summed E-state index contributed by atoms with van der Waals surface area (Å²) >= 11 is 6.68. The van der Waals surface area contributed by atoms with Crippen molar-refractivity contribution in [2.45, 2.75) is 37.9 Å². The van der Waals surface area contributed by atoms with E-state index < -0.39 is 12.0 Å². The molecule has 1 aliphatic heterocycles. The largest absolute Gasteiger partial charge is 0.452 e. The molecule has 8 heteroatoms. The average molecular weight is 300 g/mol. The fourth-order valence-corrected chi connectivity index (χ4v) is 3.14. The molecule has 0 N–H and O–H groups in total. The second kappa shape index (κ2) is 5.61. The van der Waals surface area contributed by atoms with Crippen LogP contribution in [0.25, 0.3) is 0 Å². The molecular weight excluding hydrogens is 287 g/mol. The van der Waals surface area contributed by atoms with Crippen molar-refractivity contribution in [2.24, 2.45) is 0 Å². The molecule has 0 saturated carbocycles. The molecule has 0 bridgehead atoms. The van der Waals surface area contributed by atoms with Crippen LogP contribution in [0, 0.1) is 0 Å². The van der Waals surface area contributed by atoms with Gasteiger partial charge in [-0.15, -0.1) is 11.6 Å². The third-order valence-electron chi connectivity index (χ3n) is 2.97. The van der Waals surface area contributed by atoms with Gasteiger partial charge in [0.1, 0.15) is 0 Å². The average Bonchev–Trinajstić information content (AvgIpc) is 2.68. The third kappa shape index (κ3) is 3.06. The van der Waals surface area contributed by atoms with E-state index >= 15 is 0 Å². The summed E-state index contributed by atoms with van der Waals surface area (Å²) in [6, 6.07) is 0.0585. The second-order valence-electron chi connectivity index (χ2n) is 4.25. The van der Waals surface area contributed by atoms with Crippen LogP contribution in [0.4, 0.5) is 18.3 Å². The molecule has 2 rings (SSSR count).